The van der Waals surface area contributed by atoms with Gasteiger partial charge in [-0.05, 0) is 47.9 Å². The van der Waals surface area contributed by atoms with Crippen LogP contribution in [0.2, 0.25) is 0 Å². The molecule has 0 unspecified atom stereocenters. The molecule has 0 fully saturated rings. The van der Waals surface area contributed by atoms with Crippen LogP contribution in [-0.4, -0.2) is 36.2 Å². The molecule has 3 rings (SSSR count). The van der Waals surface area contributed by atoms with E-state index in [1.807, 2.05) is 54.6 Å². The van der Waals surface area contributed by atoms with E-state index in [9.17, 15) is 8.42 Å². The molecule has 1 aliphatic heterocycles. The van der Waals surface area contributed by atoms with Crippen molar-refractivity contribution in [2.75, 3.05) is 7.11 Å². The fraction of sp³-hybridized carbons (Fsp3) is 0.481. The van der Waals surface area contributed by atoms with Crippen LogP contribution in [0, 0.1) is 11.8 Å². The minimum Gasteiger partial charge on any atom is -0.497 e. The van der Waals surface area contributed by atoms with Crippen LogP contribution < -0.4 is 4.74 Å². The van der Waals surface area contributed by atoms with Crippen molar-refractivity contribution in [3.05, 3.63) is 77.9 Å². The summed E-state index contributed by atoms with van der Waals surface area (Å²) >= 11 is 0. The standard InChI is InChI=1S/C27H38N2O3S/c1-21(2)17-25-13-14-26(18-22(3)4)29(20-24-11-15-27(32-5)16-12-24)33(30,31)28(25)19-23-9-7-6-8-10-23/h6-16,21-22,25-26H,17-20H2,1-5H3/t25-,26-/m1/s1. The van der Waals surface area contributed by atoms with Gasteiger partial charge in [0.15, 0.2) is 0 Å². The highest BCUT2D eigenvalue weighted by Crippen LogP contribution is 2.31. The van der Waals surface area contributed by atoms with Gasteiger partial charge in [-0.3, -0.25) is 0 Å². The minimum atomic E-state index is -3.73. The maximum atomic E-state index is 14.2. The second-order valence-corrected chi connectivity index (χ2v) is 11.5. The summed E-state index contributed by atoms with van der Waals surface area (Å²) in [5.74, 6) is 1.51. The molecular weight excluding hydrogens is 432 g/mol. The van der Waals surface area contributed by atoms with E-state index in [2.05, 4.69) is 39.8 Å². The average molecular weight is 471 g/mol. The molecule has 0 spiro atoms. The van der Waals surface area contributed by atoms with E-state index in [-0.39, 0.29) is 12.1 Å². The van der Waals surface area contributed by atoms with Crippen molar-refractivity contribution >= 4 is 10.2 Å². The smallest absolute Gasteiger partial charge is 0.283 e. The lowest BCUT2D eigenvalue weighted by atomic mass is 9.99. The largest absolute Gasteiger partial charge is 0.497 e. The quantitative estimate of drug-likeness (QED) is 0.446. The summed E-state index contributed by atoms with van der Waals surface area (Å²) in [7, 11) is -2.10. The summed E-state index contributed by atoms with van der Waals surface area (Å²) in [5.41, 5.74) is 1.94. The van der Waals surface area contributed by atoms with Gasteiger partial charge in [0.05, 0.1) is 7.11 Å². The predicted octanol–water partition coefficient (Wildman–Crippen LogP) is 5.64. The summed E-state index contributed by atoms with van der Waals surface area (Å²) in [4.78, 5) is 0. The van der Waals surface area contributed by atoms with Crippen molar-refractivity contribution in [2.45, 2.75) is 65.7 Å². The number of methoxy groups -OCH3 is 1. The van der Waals surface area contributed by atoms with Crippen molar-refractivity contribution < 1.29 is 13.2 Å². The van der Waals surface area contributed by atoms with Gasteiger partial charge >= 0.3 is 0 Å². The molecule has 0 N–H and O–H groups in total. The van der Waals surface area contributed by atoms with E-state index >= 15 is 0 Å². The molecule has 0 amide bonds. The normalized spacial score (nSPS) is 21.4. The van der Waals surface area contributed by atoms with Gasteiger partial charge in [-0.2, -0.15) is 17.0 Å². The van der Waals surface area contributed by atoms with Gasteiger partial charge in [0.1, 0.15) is 5.75 Å². The zero-order chi connectivity index (χ0) is 24.0. The number of hydrogen-bond acceptors (Lipinski definition) is 3. The SMILES string of the molecule is COc1ccc(CN2[C@@H](CC(C)C)C=C[C@H](CC(C)C)N(Cc3ccccc3)S2(=O)=O)cc1. The maximum absolute atomic E-state index is 14.2. The Morgan fingerprint density at radius 3 is 1.64 bits per heavy atom. The van der Waals surface area contributed by atoms with E-state index in [1.54, 1.807) is 15.7 Å². The van der Waals surface area contributed by atoms with Crippen LogP contribution in [0.1, 0.15) is 51.7 Å². The van der Waals surface area contributed by atoms with Crippen LogP contribution in [0.3, 0.4) is 0 Å². The van der Waals surface area contributed by atoms with E-state index in [1.165, 1.54) is 0 Å². The highest BCUT2D eigenvalue weighted by atomic mass is 32.2. The van der Waals surface area contributed by atoms with Crippen LogP contribution in [-0.2, 0) is 23.3 Å². The number of benzene rings is 2. The first kappa shape index (κ1) is 25.5. The molecule has 180 valence electrons. The van der Waals surface area contributed by atoms with Crippen LogP contribution >= 0.6 is 0 Å². The molecule has 6 heteroatoms. The summed E-state index contributed by atoms with van der Waals surface area (Å²) in [6.45, 7) is 9.26. The maximum Gasteiger partial charge on any atom is 0.283 e. The molecule has 0 aliphatic carbocycles. The fourth-order valence-corrected chi connectivity index (χ4v) is 6.25. The van der Waals surface area contributed by atoms with E-state index in [0.29, 0.717) is 24.9 Å². The van der Waals surface area contributed by atoms with Crippen LogP contribution in [0.5, 0.6) is 5.75 Å². The molecule has 0 bridgehead atoms. The lowest BCUT2D eigenvalue weighted by Crippen LogP contribution is -2.49. The molecule has 2 aromatic rings. The van der Waals surface area contributed by atoms with Crippen LogP contribution in [0.15, 0.2) is 66.7 Å². The van der Waals surface area contributed by atoms with Crippen molar-refractivity contribution in [2.24, 2.45) is 11.8 Å². The molecule has 0 radical (unpaired) electrons. The zero-order valence-corrected chi connectivity index (χ0v) is 21.3. The van der Waals surface area contributed by atoms with Gasteiger partial charge in [-0.25, -0.2) is 0 Å². The summed E-state index contributed by atoms with van der Waals surface area (Å²) in [6.07, 6.45) is 5.81. The van der Waals surface area contributed by atoms with Gasteiger partial charge in [-0.15, -0.1) is 0 Å². The van der Waals surface area contributed by atoms with Crippen molar-refractivity contribution in [3.8, 4) is 5.75 Å². The Hall–Kier alpha value is -2.15. The zero-order valence-electron chi connectivity index (χ0n) is 20.5. The molecule has 1 aliphatic rings. The summed E-state index contributed by atoms with van der Waals surface area (Å²) in [5, 5.41) is 0. The third kappa shape index (κ3) is 6.69. The Balaban J connectivity index is 2.03. The molecule has 0 aromatic heterocycles. The second-order valence-electron chi connectivity index (χ2n) is 9.71. The lowest BCUT2D eigenvalue weighted by molar-refractivity contribution is 0.264. The molecule has 1 heterocycles. The third-order valence-electron chi connectivity index (χ3n) is 5.99. The molecule has 0 saturated carbocycles. The Bertz CT molecular complexity index is 1000. The molecule has 0 saturated heterocycles. The number of ether oxygens (including phenoxy) is 1. The van der Waals surface area contributed by atoms with Crippen LogP contribution in [0.25, 0.3) is 0 Å². The van der Waals surface area contributed by atoms with E-state index < -0.39 is 10.2 Å². The van der Waals surface area contributed by atoms with Gasteiger partial charge in [0, 0.05) is 25.2 Å². The lowest BCUT2D eigenvalue weighted by Gasteiger charge is -2.35. The van der Waals surface area contributed by atoms with E-state index in [0.717, 1.165) is 29.7 Å². The predicted molar refractivity (Wildman–Crippen MR) is 135 cm³/mol. The number of nitrogens with zero attached hydrogens (tertiary/aromatic N) is 2. The summed E-state index contributed by atoms with van der Waals surface area (Å²) in [6, 6.07) is 17.2. The summed E-state index contributed by atoms with van der Waals surface area (Å²) < 4.78 is 37.1. The molecule has 2 aromatic carbocycles. The first-order valence-corrected chi connectivity index (χ1v) is 13.2. The monoisotopic (exact) mass is 470 g/mol. The molecule has 2 atom stereocenters. The number of hydrogen-bond donors (Lipinski definition) is 0. The van der Waals surface area contributed by atoms with Crippen molar-refractivity contribution in [3.63, 3.8) is 0 Å². The van der Waals surface area contributed by atoms with Gasteiger partial charge in [0.25, 0.3) is 10.2 Å². The van der Waals surface area contributed by atoms with Crippen LogP contribution in [0.4, 0.5) is 0 Å². The van der Waals surface area contributed by atoms with Gasteiger partial charge in [0.2, 0.25) is 0 Å². The van der Waals surface area contributed by atoms with Crippen molar-refractivity contribution in [1.82, 2.24) is 8.61 Å². The van der Waals surface area contributed by atoms with E-state index in [4.69, 9.17) is 4.74 Å². The Morgan fingerprint density at radius 1 is 0.758 bits per heavy atom. The average Bonchev–Trinajstić information content (AvgIpc) is 2.86. The first-order chi connectivity index (χ1) is 15.7. The Morgan fingerprint density at radius 2 is 1.21 bits per heavy atom. The fourth-order valence-electron chi connectivity index (χ4n) is 4.36. The topological polar surface area (TPSA) is 49.9 Å². The Labute approximate surface area is 200 Å². The van der Waals surface area contributed by atoms with Crippen molar-refractivity contribution in [1.29, 1.82) is 0 Å². The first-order valence-electron chi connectivity index (χ1n) is 11.8. The molecule has 33 heavy (non-hydrogen) atoms. The van der Waals surface area contributed by atoms with Gasteiger partial charge in [-0.1, -0.05) is 82.3 Å². The molecular formula is C27H38N2O3S. The number of rotatable bonds is 9. The highest BCUT2D eigenvalue weighted by molar-refractivity contribution is 7.86. The Kier molecular flexibility index (Phi) is 8.74. The molecule has 5 nitrogen and oxygen atoms in total. The highest BCUT2D eigenvalue weighted by Gasteiger charge is 2.40. The minimum absolute atomic E-state index is 0.175. The second kappa shape index (κ2) is 11.3. The third-order valence-corrected chi connectivity index (χ3v) is 7.98. The van der Waals surface area contributed by atoms with Gasteiger partial charge < -0.3 is 4.74 Å².